The summed E-state index contributed by atoms with van der Waals surface area (Å²) in [5.41, 5.74) is 0.305. The number of para-hydroxylation sites is 2. The van der Waals surface area contributed by atoms with Crippen LogP contribution >= 0.6 is 22.6 Å². The molecule has 0 fully saturated rings. The third-order valence-corrected chi connectivity index (χ3v) is 4.47. The molecule has 1 N–H and O–H groups in total. The summed E-state index contributed by atoms with van der Waals surface area (Å²) in [6, 6.07) is 12.7. The fourth-order valence-electron chi connectivity index (χ4n) is 1.60. The number of halogens is 1. The van der Waals surface area contributed by atoms with Gasteiger partial charge in [-0.2, -0.15) is 8.42 Å². The Morgan fingerprint density at radius 1 is 1.10 bits per heavy atom. The molecule has 21 heavy (non-hydrogen) atoms. The van der Waals surface area contributed by atoms with Gasteiger partial charge in [0.2, 0.25) is 5.91 Å². The number of rotatable bonds is 4. The maximum absolute atomic E-state index is 12.2. The van der Waals surface area contributed by atoms with Crippen molar-refractivity contribution in [1.29, 1.82) is 0 Å². The van der Waals surface area contributed by atoms with Crippen molar-refractivity contribution in [2.75, 3.05) is 5.32 Å². The van der Waals surface area contributed by atoms with Crippen LogP contribution in [0.2, 0.25) is 0 Å². The lowest BCUT2D eigenvalue weighted by Crippen LogP contribution is -2.13. The zero-order valence-corrected chi connectivity index (χ0v) is 14.0. The highest BCUT2D eigenvalue weighted by atomic mass is 127. The SMILES string of the molecule is CC(=O)Nc1ccccc1OS(=O)(=O)c1ccc(I)cc1. The van der Waals surface area contributed by atoms with E-state index in [9.17, 15) is 13.2 Å². The van der Waals surface area contributed by atoms with Crippen molar-refractivity contribution in [2.45, 2.75) is 11.8 Å². The van der Waals surface area contributed by atoms with Crippen molar-refractivity contribution >= 4 is 44.3 Å². The molecule has 0 spiro atoms. The highest BCUT2D eigenvalue weighted by Gasteiger charge is 2.18. The van der Waals surface area contributed by atoms with Crippen LogP contribution < -0.4 is 9.50 Å². The van der Waals surface area contributed by atoms with Crippen molar-refractivity contribution in [3.8, 4) is 5.75 Å². The van der Waals surface area contributed by atoms with Crippen molar-refractivity contribution in [3.63, 3.8) is 0 Å². The zero-order chi connectivity index (χ0) is 15.5. The van der Waals surface area contributed by atoms with E-state index < -0.39 is 10.1 Å². The van der Waals surface area contributed by atoms with Crippen LogP contribution in [0.25, 0.3) is 0 Å². The minimum atomic E-state index is -3.94. The van der Waals surface area contributed by atoms with Crippen LogP contribution in [0.15, 0.2) is 53.4 Å². The second-order valence-electron chi connectivity index (χ2n) is 4.17. The van der Waals surface area contributed by atoms with E-state index in [0.717, 1.165) is 3.57 Å². The molecule has 7 heteroatoms. The lowest BCUT2D eigenvalue weighted by atomic mass is 10.3. The van der Waals surface area contributed by atoms with Crippen LogP contribution in [0.3, 0.4) is 0 Å². The molecule has 1 amide bonds. The molecule has 0 aliphatic rings. The quantitative estimate of drug-likeness (QED) is 0.614. The number of anilines is 1. The molecule has 2 aromatic carbocycles. The number of carbonyl (C=O) groups is 1. The van der Waals surface area contributed by atoms with Crippen molar-refractivity contribution < 1.29 is 17.4 Å². The van der Waals surface area contributed by atoms with Gasteiger partial charge in [0, 0.05) is 10.5 Å². The van der Waals surface area contributed by atoms with Gasteiger partial charge in [-0.25, -0.2) is 0 Å². The molecule has 5 nitrogen and oxygen atoms in total. The molecule has 2 rings (SSSR count). The second-order valence-corrected chi connectivity index (χ2v) is 6.96. The summed E-state index contributed by atoms with van der Waals surface area (Å²) in [6.07, 6.45) is 0. The van der Waals surface area contributed by atoms with Crippen LogP contribution in [0.5, 0.6) is 5.75 Å². The Kier molecular flexibility index (Phi) is 4.84. The normalized spacial score (nSPS) is 11.0. The van der Waals surface area contributed by atoms with E-state index in [1.165, 1.54) is 25.1 Å². The molecule has 110 valence electrons. The third kappa shape index (κ3) is 4.18. The standard InChI is InChI=1S/C14H12INO4S/c1-10(17)16-13-4-2-3-5-14(13)20-21(18,19)12-8-6-11(15)7-9-12/h2-9H,1H3,(H,16,17). The van der Waals surface area contributed by atoms with E-state index in [0.29, 0.717) is 5.69 Å². The molecule has 0 unspecified atom stereocenters. The summed E-state index contributed by atoms with van der Waals surface area (Å²) in [7, 11) is -3.94. The first-order valence-electron chi connectivity index (χ1n) is 5.95. The number of benzene rings is 2. The summed E-state index contributed by atoms with van der Waals surface area (Å²) in [5.74, 6) is -0.232. The van der Waals surface area contributed by atoms with Crippen LogP contribution in [0.4, 0.5) is 5.69 Å². The molecule has 0 heterocycles. The van der Waals surface area contributed by atoms with Crippen molar-refractivity contribution in [3.05, 3.63) is 52.1 Å². The minimum absolute atomic E-state index is 0.0561. The molecule has 2 aromatic rings. The molecule has 0 aliphatic heterocycles. The molecular formula is C14H12INO4S. The van der Waals surface area contributed by atoms with Gasteiger partial charge in [-0.3, -0.25) is 4.79 Å². The summed E-state index contributed by atoms with van der Waals surface area (Å²) < 4.78 is 30.5. The average Bonchev–Trinajstić information content (AvgIpc) is 2.40. The Morgan fingerprint density at radius 3 is 2.33 bits per heavy atom. The highest BCUT2D eigenvalue weighted by molar-refractivity contribution is 14.1. The predicted molar refractivity (Wildman–Crippen MR) is 87.7 cm³/mol. The first-order valence-corrected chi connectivity index (χ1v) is 8.44. The summed E-state index contributed by atoms with van der Waals surface area (Å²) in [5, 5.41) is 2.53. The van der Waals surface area contributed by atoms with Gasteiger partial charge in [0.25, 0.3) is 0 Å². The van der Waals surface area contributed by atoms with Gasteiger partial charge in [0.1, 0.15) is 4.90 Å². The topological polar surface area (TPSA) is 72.5 Å². The number of hydrogen-bond acceptors (Lipinski definition) is 4. The van der Waals surface area contributed by atoms with Gasteiger partial charge in [-0.15, -0.1) is 0 Å². The van der Waals surface area contributed by atoms with Gasteiger partial charge in [0.05, 0.1) is 5.69 Å². The fraction of sp³-hybridized carbons (Fsp3) is 0.0714. The van der Waals surface area contributed by atoms with E-state index in [1.54, 1.807) is 30.3 Å². The lowest BCUT2D eigenvalue weighted by Gasteiger charge is -2.11. The fourth-order valence-corrected chi connectivity index (χ4v) is 2.91. The van der Waals surface area contributed by atoms with Gasteiger partial charge in [-0.05, 0) is 59.0 Å². The van der Waals surface area contributed by atoms with Crippen LogP contribution in [0.1, 0.15) is 6.92 Å². The maximum atomic E-state index is 12.2. The van der Waals surface area contributed by atoms with E-state index in [-0.39, 0.29) is 16.6 Å². The molecular weight excluding hydrogens is 405 g/mol. The molecule has 0 saturated heterocycles. The molecule has 0 radical (unpaired) electrons. The predicted octanol–water partition coefficient (Wildman–Crippen LogP) is 3.02. The lowest BCUT2D eigenvalue weighted by molar-refractivity contribution is -0.114. The van der Waals surface area contributed by atoms with Crippen LogP contribution in [-0.4, -0.2) is 14.3 Å². The Balaban J connectivity index is 2.33. The number of nitrogens with one attached hydrogen (secondary N) is 1. The monoisotopic (exact) mass is 417 g/mol. The smallest absolute Gasteiger partial charge is 0.339 e. The number of carbonyl (C=O) groups excluding carboxylic acids is 1. The van der Waals surface area contributed by atoms with E-state index >= 15 is 0 Å². The Labute approximate surface area is 136 Å². The average molecular weight is 417 g/mol. The molecule has 0 bridgehead atoms. The zero-order valence-electron chi connectivity index (χ0n) is 11.0. The van der Waals surface area contributed by atoms with E-state index in [2.05, 4.69) is 27.9 Å². The first-order chi connectivity index (χ1) is 9.88. The summed E-state index contributed by atoms with van der Waals surface area (Å²) in [4.78, 5) is 11.2. The first kappa shape index (κ1) is 15.8. The van der Waals surface area contributed by atoms with Gasteiger partial charge < -0.3 is 9.50 Å². The minimum Gasteiger partial charge on any atom is -0.377 e. The largest absolute Gasteiger partial charge is 0.377 e. The van der Waals surface area contributed by atoms with E-state index in [1.807, 2.05) is 0 Å². The molecule has 0 aromatic heterocycles. The molecule has 0 saturated carbocycles. The van der Waals surface area contributed by atoms with Crippen LogP contribution in [-0.2, 0) is 14.9 Å². The Morgan fingerprint density at radius 2 is 1.71 bits per heavy atom. The molecule has 0 atom stereocenters. The van der Waals surface area contributed by atoms with Crippen molar-refractivity contribution in [2.24, 2.45) is 0 Å². The number of hydrogen-bond donors (Lipinski definition) is 1. The van der Waals surface area contributed by atoms with Crippen LogP contribution in [0, 0.1) is 3.57 Å². The summed E-state index contributed by atoms with van der Waals surface area (Å²) in [6.45, 7) is 1.34. The highest BCUT2D eigenvalue weighted by Crippen LogP contribution is 2.27. The van der Waals surface area contributed by atoms with Crippen molar-refractivity contribution in [1.82, 2.24) is 0 Å². The Hall–Kier alpha value is -1.61. The van der Waals surface area contributed by atoms with E-state index in [4.69, 9.17) is 4.18 Å². The number of amides is 1. The maximum Gasteiger partial charge on any atom is 0.339 e. The van der Waals surface area contributed by atoms with Gasteiger partial charge in [-0.1, -0.05) is 12.1 Å². The summed E-state index contributed by atoms with van der Waals surface area (Å²) >= 11 is 2.08. The second kappa shape index (κ2) is 6.44. The Bertz CT molecular complexity index is 757. The van der Waals surface area contributed by atoms with Gasteiger partial charge in [0.15, 0.2) is 5.75 Å². The van der Waals surface area contributed by atoms with Gasteiger partial charge >= 0.3 is 10.1 Å². The third-order valence-electron chi connectivity index (χ3n) is 2.50. The molecule has 0 aliphatic carbocycles.